The van der Waals surface area contributed by atoms with Crippen LogP contribution in [0.3, 0.4) is 0 Å². The Labute approximate surface area is 124 Å². The summed E-state index contributed by atoms with van der Waals surface area (Å²) in [7, 11) is 4.92. The topological polar surface area (TPSA) is 64.8 Å². The van der Waals surface area contributed by atoms with Crippen molar-refractivity contribution >= 4 is 28.9 Å². The Morgan fingerprint density at radius 3 is 2.65 bits per heavy atom. The van der Waals surface area contributed by atoms with Crippen molar-refractivity contribution in [3.05, 3.63) is 23.8 Å². The minimum Gasteiger partial charge on any atom is -0.497 e. The normalized spacial score (nSPS) is 9.95. The molecule has 0 saturated carbocycles. The van der Waals surface area contributed by atoms with E-state index in [1.807, 2.05) is 30.1 Å². The molecule has 0 aliphatic heterocycles. The summed E-state index contributed by atoms with van der Waals surface area (Å²) in [6.07, 6.45) is 1.07. The van der Waals surface area contributed by atoms with Crippen LogP contribution in [0, 0.1) is 0 Å². The number of rotatable bonds is 7. The molecule has 0 aromatic heterocycles. The first-order valence-corrected chi connectivity index (χ1v) is 6.66. The predicted molar refractivity (Wildman–Crippen MR) is 83.4 cm³/mol. The molecule has 0 heterocycles. The Hall–Kier alpha value is -1.82. The number of benzene rings is 1. The maximum atomic E-state index is 11.1. The molecule has 0 atom stereocenters. The van der Waals surface area contributed by atoms with Crippen molar-refractivity contribution < 1.29 is 14.3 Å². The Morgan fingerprint density at radius 1 is 1.40 bits per heavy atom. The van der Waals surface area contributed by atoms with Crippen LogP contribution in [-0.4, -0.2) is 38.8 Å². The molecular weight excluding hydrogens is 276 g/mol. The van der Waals surface area contributed by atoms with Gasteiger partial charge in [-0.2, -0.15) is 0 Å². The molecule has 0 bridgehead atoms. The van der Waals surface area contributed by atoms with Crippen molar-refractivity contribution in [2.75, 3.05) is 32.7 Å². The van der Waals surface area contributed by atoms with Crippen molar-refractivity contribution in [2.24, 2.45) is 5.73 Å². The molecular formula is C14H20N2O3S. The second-order valence-corrected chi connectivity index (χ2v) is 4.79. The van der Waals surface area contributed by atoms with Crippen molar-refractivity contribution in [3.8, 4) is 5.75 Å². The van der Waals surface area contributed by atoms with Crippen LogP contribution in [0.4, 0.5) is 5.69 Å². The van der Waals surface area contributed by atoms with E-state index in [-0.39, 0.29) is 5.97 Å². The number of carbonyl (C=O) groups is 1. The summed E-state index contributed by atoms with van der Waals surface area (Å²) in [6.45, 7) is 0.692. The summed E-state index contributed by atoms with van der Waals surface area (Å²) in [6, 6.07) is 5.54. The van der Waals surface area contributed by atoms with Crippen LogP contribution >= 0.6 is 12.2 Å². The first kappa shape index (κ1) is 16.2. The molecule has 0 radical (unpaired) electrons. The number of hydrogen-bond donors (Lipinski definition) is 1. The molecule has 5 nitrogen and oxygen atoms in total. The van der Waals surface area contributed by atoms with Crippen LogP contribution in [0.25, 0.3) is 0 Å². The average Bonchev–Trinajstić information content (AvgIpc) is 2.45. The number of thiocarbonyl (C=S) groups is 1. The molecule has 0 amide bonds. The first-order valence-electron chi connectivity index (χ1n) is 6.25. The summed E-state index contributed by atoms with van der Waals surface area (Å²) < 4.78 is 9.83. The van der Waals surface area contributed by atoms with Gasteiger partial charge >= 0.3 is 5.97 Å². The molecule has 6 heteroatoms. The quantitative estimate of drug-likeness (QED) is 0.610. The van der Waals surface area contributed by atoms with E-state index in [2.05, 4.69) is 4.74 Å². The summed E-state index contributed by atoms with van der Waals surface area (Å²) in [5, 5.41) is 0. The lowest BCUT2D eigenvalue weighted by atomic mass is 10.1. The highest BCUT2D eigenvalue weighted by atomic mass is 32.1. The standard InChI is InChI=1S/C14H20N2O3S/c1-16(8-4-5-13(17)19-3)12-9-10(18-2)6-7-11(12)14(15)20/h6-7,9H,4-5,8H2,1-3H3,(H2,15,20). The van der Waals surface area contributed by atoms with Gasteiger partial charge in [0.1, 0.15) is 10.7 Å². The van der Waals surface area contributed by atoms with E-state index in [0.717, 1.165) is 17.0 Å². The summed E-state index contributed by atoms with van der Waals surface area (Å²) in [5.41, 5.74) is 7.42. The van der Waals surface area contributed by atoms with E-state index < -0.39 is 0 Å². The van der Waals surface area contributed by atoms with Gasteiger partial charge in [-0.25, -0.2) is 0 Å². The van der Waals surface area contributed by atoms with Gasteiger partial charge in [0.05, 0.1) is 19.9 Å². The fourth-order valence-electron chi connectivity index (χ4n) is 1.85. The van der Waals surface area contributed by atoms with Gasteiger partial charge in [0, 0.05) is 31.6 Å². The number of carbonyl (C=O) groups excluding carboxylic acids is 1. The Bertz CT molecular complexity index is 491. The number of anilines is 1. The van der Waals surface area contributed by atoms with Crippen LogP contribution in [0.2, 0.25) is 0 Å². The first-order chi connectivity index (χ1) is 9.49. The molecule has 1 aromatic carbocycles. The molecule has 2 N–H and O–H groups in total. The van der Waals surface area contributed by atoms with Gasteiger partial charge in [-0.15, -0.1) is 0 Å². The van der Waals surface area contributed by atoms with E-state index in [1.165, 1.54) is 7.11 Å². The molecule has 0 saturated heterocycles. The molecule has 0 unspecified atom stereocenters. The molecule has 20 heavy (non-hydrogen) atoms. The zero-order chi connectivity index (χ0) is 15.1. The smallest absolute Gasteiger partial charge is 0.305 e. The maximum absolute atomic E-state index is 11.1. The van der Waals surface area contributed by atoms with Crippen molar-refractivity contribution in [1.29, 1.82) is 0 Å². The lowest BCUT2D eigenvalue weighted by Crippen LogP contribution is -2.23. The number of nitrogens with two attached hydrogens (primary N) is 1. The van der Waals surface area contributed by atoms with Crippen LogP contribution in [0.15, 0.2) is 18.2 Å². The highest BCUT2D eigenvalue weighted by Gasteiger charge is 2.12. The van der Waals surface area contributed by atoms with E-state index in [1.54, 1.807) is 7.11 Å². The zero-order valence-corrected chi connectivity index (χ0v) is 12.8. The molecule has 110 valence electrons. The van der Waals surface area contributed by atoms with Gasteiger partial charge in [0.2, 0.25) is 0 Å². The summed E-state index contributed by atoms with van der Waals surface area (Å²) in [4.78, 5) is 13.4. The zero-order valence-electron chi connectivity index (χ0n) is 12.0. The number of nitrogens with zero attached hydrogens (tertiary/aromatic N) is 1. The summed E-state index contributed by atoms with van der Waals surface area (Å²) in [5.74, 6) is 0.526. The second-order valence-electron chi connectivity index (χ2n) is 4.35. The fraction of sp³-hybridized carbons (Fsp3) is 0.429. The van der Waals surface area contributed by atoms with Gasteiger partial charge in [0.25, 0.3) is 0 Å². The van der Waals surface area contributed by atoms with Crippen molar-refractivity contribution in [3.63, 3.8) is 0 Å². The van der Waals surface area contributed by atoms with Crippen LogP contribution in [0.5, 0.6) is 5.75 Å². The second kappa shape index (κ2) is 7.69. The minimum atomic E-state index is -0.210. The highest BCUT2D eigenvalue weighted by molar-refractivity contribution is 7.80. The minimum absolute atomic E-state index is 0.210. The Morgan fingerprint density at radius 2 is 2.10 bits per heavy atom. The van der Waals surface area contributed by atoms with Crippen LogP contribution in [0.1, 0.15) is 18.4 Å². The molecule has 1 aromatic rings. The Balaban J connectivity index is 2.81. The van der Waals surface area contributed by atoms with Gasteiger partial charge < -0.3 is 20.1 Å². The highest BCUT2D eigenvalue weighted by Crippen LogP contribution is 2.25. The number of methoxy groups -OCH3 is 2. The van der Waals surface area contributed by atoms with Crippen molar-refractivity contribution in [1.82, 2.24) is 0 Å². The van der Waals surface area contributed by atoms with Gasteiger partial charge in [0.15, 0.2) is 0 Å². The lowest BCUT2D eigenvalue weighted by molar-refractivity contribution is -0.140. The lowest BCUT2D eigenvalue weighted by Gasteiger charge is -2.22. The van der Waals surface area contributed by atoms with Crippen LogP contribution < -0.4 is 15.4 Å². The van der Waals surface area contributed by atoms with Crippen molar-refractivity contribution in [2.45, 2.75) is 12.8 Å². The SMILES string of the molecule is COC(=O)CCCN(C)c1cc(OC)ccc1C(N)=S. The maximum Gasteiger partial charge on any atom is 0.305 e. The molecule has 0 fully saturated rings. The fourth-order valence-corrected chi connectivity index (χ4v) is 2.02. The largest absolute Gasteiger partial charge is 0.497 e. The van der Waals surface area contributed by atoms with Gasteiger partial charge in [-0.05, 0) is 18.6 Å². The number of ether oxygens (including phenoxy) is 2. The molecule has 0 aliphatic rings. The summed E-state index contributed by atoms with van der Waals surface area (Å²) >= 11 is 5.06. The third-order valence-electron chi connectivity index (χ3n) is 2.98. The number of hydrogen-bond acceptors (Lipinski definition) is 5. The molecule has 0 spiro atoms. The Kier molecular flexibility index (Phi) is 6.24. The monoisotopic (exact) mass is 296 g/mol. The van der Waals surface area contributed by atoms with E-state index >= 15 is 0 Å². The predicted octanol–water partition coefficient (Wildman–Crippen LogP) is 1.72. The van der Waals surface area contributed by atoms with Crippen LogP contribution in [-0.2, 0) is 9.53 Å². The molecule has 0 aliphatic carbocycles. The van der Waals surface area contributed by atoms with E-state index in [9.17, 15) is 4.79 Å². The molecule has 1 rings (SSSR count). The van der Waals surface area contributed by atoms with Gasteiger partial charge in [-0.1, -0.05) is 12.2 Å². The van der Waals surface area contributed by atoms with E-state index in [4.69, 9.17) is 22.7 Å². The average molecular weight is 296 g/mol. The number of esters is 1. The third-order valence-corrected chi connectivity index (χ3v) is 3.20. The van der Waals surface area contributed by atoms with Gasteiger partial charge in [-0.3, -0.25) is 4.79 Å². The van der Waals surface area contributed by atoms with E-state index in [0.29, 0.717) is 24.4 Å². The third kappa shape index (κ3) is 4.38.